The van der Waals surface area contributed by atoms with Crippen molar-refractivity contribution in [2.24, 2.45) is 0 Å². The van der Waals surface area contributed by atoms with E-state index < -0.39 is 0 Å². The van der Waals surface area contributed by atoms with E-state index in [4.69, 9.17) is 0 Å². The Kier molecular flexibility index (Phi) is 7.15. The Bertz CT molecular complexity index is 1090. The van der Waals surface area contributed by atoms with Crippen molar-refractivity contribution < 1.29 is 4.79 Å². The molecule has 0 radical (unpaired) electrons. The van der Waals surface area contributed by atoms with Crippen LogP contribution in [0.3, 0.4) is 0 Å². The Labute approximate surface area is 181 Å². The molecule has 0 aliphatic rings. The van der Waals surface area contributed by atoms with Gasteiger partial charge in [-0.25, -0.2) is 9.78 Å². The van der Waals surface area contributed by atoms with Crippen LogP contribution >= 0.6 is 11.8 Å². The number of hydrogen-bond donors (Lipinski definition) is 3. The molecule has 3 rings (SSSR count). The van der Waals surface area contributed by atoms with Gasteiger partial charge in [-0.1, -0.05) is 11.6 Å². The summed E-state index contributed by atoms with van der Waals surface area (Å²) in [5.41, 5.74) is 4.41. The van der Waals surface area contributed by atoms with Gasteiger partial charge >= 0.3 is 6.03 Å². The van der Waals surface area contributed by atoms with Crippen molar-refractivity contribution in [3.8, 4) is 6.07 Å². The summed E-state index contributed by atoms with van der Waals surface area (Å²) in [5.74, 6) is 0.579. The van der Waals surface area contributed by atoms with E-state index in [9.17, 15) is 10.1 Å². The van der Waals surface area contributed by atoms with Crippen LogP contribution in [0.25, 0.3) is 10.9 Å². The highest BCUT2D eigenvalue weighted by Crippen LogP contribution is 2.24. The van der Waals surface area contributed by atoms with Crippen LogP contribution in [0.2, 0.25) is 0 Å². The molecule has 0 aliphatic heterocycles. The highest BCUT2D eigenvalue weighted by atomic mass is 32.2. The van der Waals surface area contributed by atoms with Gasteiger partial charge in [0.1, 0.15) is 11.9 Å². The van der Waals surface area contributed by atoms with Crippen LogP contribution in [0.5, 0.6) is 0 Å². The number of aromatic nitrogens is 1. The molecule has 0 atom stereocenters. The highest BCUT2D eigenvalue weighted by molar-refractivity contribution is 7.98. The molecule has 3 aromatic rings. The number of fused-ring (bicyclic) bond motifs is 1. The second-order valence-electron chi connectivity index (χ2n) is 7.04. The predicted octanol–water partition coefficient (Wildman–Crippen LogP) is 5.07. The minimum atomic E-state index is -0.237. The topological polar surface area (TPSA) is 89.8 Å². The lowest BCUT2D eigenvalue weighted by molar-refractivity contribution is 0.252. The SMILES string of the molecule is CSc1ccc(NC(=O)NCCCNc2nc3c(C)cc(C)cc3cc2C#N)cc1. The number of nitrogens with zero attached hydrogens (tertiary/aromatic N) is 2. The molecule has 154 valence electrons. The molecule has 30 heavy (non-hydrogen) atoms. The fraction of sp³-hybridized carbons (Fsp3) is 0.261. The summed E-state index contributed by atoms with van der Waals surface area (Å²) in [6.45, 7) is 5.17. The van der Waals surface area contributed by atoms with Gasteiger partial charge < -0.3 is 16.0 Å². The summed E-state index contributed by atoms with van der Waals surface area (Å²) < 4.78 is 0. The minimum Gasteiger partial charge on any atom is -0.369 e. The van der Waals surface area contributed by atoms with Gasteiger partial charge in [-0.3, -0.25) is 0 Å². The number of pyridine rings is 1. The Hall–Kier alpha value is -3.24. The number of hydrogen-bond acceptors (Lipinski definition) is 5. The molecule has 0 saturated carbocycles. The lowest BCUT2D eigenvalue weighted by Gasteiger charge is -2.11. The number of anilines is 2. The lowest BCUT2D eigenvalue weighted by Crippen LogP contribution is -2.30. The van der Waals surface area contributed by atoms with E-state index in [2.05, 4.69) is 33.1 Å². The van der Waals surface area contributed by atoms with Crippen LogP contribution in [0.1, 0.15) is 23.1 Å². The fourth-order valence-electron chi connectivity index (χ4n) is 3.22. The molecule has 0 aliphatic carbocycles. The van der Waals surface area contributed by atoms with Gasteiger partial charge in [0.15, 0.2) is 0 Å². The van der Waals surface area contributed by atoms with E-state index in [1.807, 2.05) is 56.5 Å². The van der Waals surface area contributed by atoms with Crippen LogP contribution in [0, 0.1) is 25.2 Å². The Morgan fingerprint density at radius 2 is 1.90 bits per heavy atom. The monoisotopic (exact) mass is 419 g/mol. The quantitative estimate of drug-likeness (QED) is 0.367. The average Bonchev–Trinajstić information content (AvgIpc) is 2.73. The van der Waals surface area contributed by atoms with Gasteiger partial charge in [-0.05, 0) is 68.5 Å². The number of nitrogens with one attached hydrogen (secondary N) is 3. The first kappa shape index (κ1) is 21.5. The molecular weight excluding hydrogens is 394 g/mol. The molecule has 1 heterocycles. The van der Waals surface area contributed by atoms with Crippen molar-refractivity contribution >= 4 is 40.2 Å². The summed E-state index contributed by atoms with van der Waals surface area (Å²) in [5, 5.41) is 19.3. The van der Waals surface area contributed by atoms with E-state index in [0.29, 0.717) is 30.9 Å². The van der Waals surface area contributed by atoms with Crippen molar-refractivity contribution in [1.29, 1.82) is 5.26 Å². The van der Waals surface area contributed by atoms with Crippen molar-refractivity contribution in [3.05, 3.63) is 59.2 Å². The van der Waals surface area contributed by atoms with Crippen LogP contribution in [0.15, 0.2) is 47.4 Å². The van der Waals surface area contributed by atoms with E-state index in [0.717, 1.165) is 32.6 Å². The second-order valence-corrected chi connectivity index (χ2v) is 7.92. The van der Waals surface area contributed by atoms with Gasteiger partial charge in [-0.2, -0.15) is 5.26 Å². The number of carbonyl (C=O) groups is 1. The van der Waals surface area contributed by atoms with Crippen LogP contribution < -0.4 is 16.0 Å². The van der Waals surface area contributed by atoms with E-state index in [1.165, 1.54) is 0 Å². The molecule has 3 N–H and O–H groups in total. The van der Waals surface area contributed by atoms with Gasteiger partial charge in [0.25, 0.3) is 0 Å². The van der Waals surface area contributed by atoms with Crippen LogP contribution in [0.4, 0.5) is 16.3 Å². The maximum absolute atomic E-state index is 12.0. The summed E-state index contributed by atoms with van der Waals surface area (Å²) in [6.07, 6.45) is 2.72. The third-order valence-corrected chi connectivity index (χ3v) is 5.40. The molecule has 0 spiro atoms. The molecule has 0 bridgehead atoms. The molecule has 2 aromatic carbocycles. The summed E-state index contributed by atoms with van der Waals surface area (Å²) in [7, 11) is 0. The van der Waals surface area contributed by atoms with Crippen LogP contribution in [-0.4, -0.2) is 30.4 Å². The summed E-state index contributed by atoms with van der Waals surface area (Å²) in [6, 6.07) is 15.7. The number of urea groups is 1. The number of carbonyl (C=O) groups excluding carboxylic acids is 1. The zero-order chi connectivity index (χ0) is 21.5. The molecule has 0 fully saturated rings. The first-order valence-corrected chi connectivity index (χ1v) is 11.0. The maximum Gasteiger partial charge on any atom is 0.319 e. The zero-order valence-electron chi connectivity index (χ0n) is 17.4. The molecular formula is C23H25N5OS. The van der Waals surface area contributed by atoms with Crippen molar-refractivity contribution in [3.63, 3.8) is 0 Å². The second kappa shape index (κ2) is 9.99. The average molecular weight is 420 g/mol. The van der Waals surface area contributed by atoms with Crippen molar-refractivity contribution in [2.75, 3.05) is 30.0 Å². The minimum absolute atomic E-state index is 0.237. The maximum atomic E-state index is 12.0. The van der Waals surface area contributed by atoms with Gasteiger partial charge in [0, 0.05) is 29.1 Å². The van der Waals surface area contributed by atoms with E-state index >= 15 is 0 Å². The number of aryl methyl sites for hydroxylation is 2. The number of rotatable bonds is 7. The van der Waals surface area contributed by atoms with Gasteiger partial charge in [0.05, 0.1) is 11.1 Å². The fourth-order valence-corrected chi connectivity index (χ4v) is 3.63. The van der Waals surface area contributed by atoms with Gasteiger partial charge in [-0.15, -0.1) is 11.8 Å². The predicted molar refractivity (Wildman–Crippen MR) is 124 cm³/mol. The number of benzene rings is 2. The molecule has 7 heteroatoms. The van der Waals surface area contributed by atoms with E-state index in [1.54, 1.807) is 11.8 Å². The van der Waals surface area contributed by atoms with Gasteiger partial charge in [0.2, 0.25) is 0 Å². The zero-order valence-corrected chi connectivity index (χ0v) is 18.2. The summed E-state index contributed by atoms with van der Waals surface area (Å²) in [4.78, 5) is 17.8. The third kappa shape index (κ3) is 5.43. The molecule has 0 unspecified atom stereocenters. The largest absolute Gasteiger partial charge is 0.369 e. The first-order valence-electron chi connectivity index (χ1n) is 9.75. The molecule has 6 nitrogen and oxygen atoms in total. The van der Waals surface area contributed by atoms with Crippen LogP contribution in [-0.2, 0) is 0 Å². The first-order chi connectivity index (χ1) is 14.5. The highest BCUT2D eigenvalue weighted by Gasteiger charge is 2.09. The number of thioether (sulfide) groups is 1. The third-order valence-electron chi connectivity index (χ3n) is 4.65. The normalized spacial score (nSPS) is 10.5. The number of nitriles is 1. The Morgan fingerprint density at radius 3 is 2.60 bits per heavy atom. The smallest absolute Gasteiger partial charge is 0.319 e. The molecule has 1 aromatic heterocycles. The standard InChI is InChI=1S/C23H25N5OS/c1-15-11-16(2)21-17(12-15)13-18(14-24)22(28-21)25-9-4-10-26-23(29)27-19-5-7-20(30-3)8-6-19/h5-8,11-13H,4,9-10H2,1-3H3,(H,25,28)(H2,26,27,29). The Morgan fingerprint density at radius 1 is 1.13 bits per heavy atom. The Balaban J connectivity index is 1.50. The van der Waals surface area contributed by atoms with Crippen molar-refractivity contribution in [1.82, 2.24) is 10.3 Å². The summed E-state index contributed by atoms with van der Waals surface area (Å²) >= 11 is 1.66. The van der Waals surface area contributed by atoms with E-state index in [-0.39, 0.29) is 6.03 Å². The lowest BCUT2D eigenvalue weighted by atomic mass is 10.1. The molecule has 2 amide bonds. The molecule has 0 saturated heterocycles. The van der Waals surface area contributed by atoms with Crippen molar-refractivity contribution in [2.45, 2.75) is 25.2 Å². The number of amides is 2.